The van der Waals surface area contributed by atoms with Gasteiger partial charge in [-0.2, -0.15) is 0 Å². The van der Waals surface area contributed by atoms with Crippen molar-refractivity contribution in [3.8, 4) is 5.75 Å². The maximum Gasteiger partial charge on any atom is 0.358 e. The monoisotopic (exact) mass is 278 g/mol. The Morgan fingerprint density at radius 1 is 1.45 bits per heavy atom. The van der Waals surface area contributed by atoms with Crippen molar-refractivity contribution >= 4 is 11.9 Å². The van der Waals surface area contributed by atoms with Crippen LogP contribution in [0.4, 0.5) is 0 Å². The number of pyridine rings is 1. The summed E-state index contributed by atoms with van der Waals surface area (Å²) in [7, 11) is 0. The normalized spacial score (nSPS) is 15.9. The van der Waals surface area contributed by atoms with Gasteiger partial charge in [-0.15, -0.1) is 0 Å². The number of carboxylic acids is 1. The Kier molecular flexibility index (Phi) is 4.55. The van der Waals surface area contributed by atoms with Crippen LogP contribution in [-0.4, -0.2) is 46.6 Å². The molecule has 0 aliphatic carbocycles. The van der Waals surface area contributed by atoms with Gasteiger partial charge in [0.2, 0.25) is 0 Å². The second-order valence-corrected chi connectivity index (χ2v) is 5.01. The summed E-state index contributed by atoms with van der Waals surface area (Å²) in [6, 6.07) is 3.08. The molecule has 6 heteroatoms. The van der Waals surface area contributed by atoms with Gasteiger partial charge in [0.1, 0.15) is 0 Å². The van der Waals surface area contributed by atoms with Crippen LogP contribution in [-0.2, 0) is 4.79 Å². The zero-order valence-electron chi connectivity index (χ0n) is 11.4. The van der Waals surface area contributed by atoms with Crippen LogP contribution in [0.5, 0.6) is 5.75 Å². The lowest BCUT2D eigenvalue weighted by Crippen LogP contribution is -2.40. The predicted molar refractivity (Wildman–Crippen MR) is 71.7 cm³/mol. The molecule has 0 spiro atoms. The second kappa shape index (κ2) is 6.36. The summed E-state index contributed by atoms with van der Waals surface area (Å²) in [5, 5.41) is 8.97. The molecule has 6 nitrogen and oxygen atoms in total. The van der Waals surface area contributed by atoms with Gasteiger partial charge < -0.3 is 14.7 Å². The molecule has 2 heterocycles. The lowest BCUT2D eigenvalue weighted by molar-refractivity contribution is -0.134. The molecule has 1 saturated heterocycles. The number of ether oxygens (including phenoxy) is 1. The maximum absolute atomic E-state index is 12.0. The fourth-order valence-corrected chi connectivity index (χ4v) is 2.16. The van der Waals surface area contributed by atoms with Crippen molar-refractivity contribution < 1.29 is 19.4 Å². The Bertz CT molecular complexity index is 496. The molecule has 0 aromatic carbocycles. The minimum absolute atomic E-state index is 0.114. The molecular formula is C14H18N2O4. The Morgan fingerprint density at radius 2 is 2.15 bits per heavy atom. The Labute approximate surface area is 117 Å². The molecule has 1 aliphatic heterocycles. The molecule has 0 unspecified atom stereocenters. The maximum atomic E-state index is 12.0. The number of carboxylic acid groups (broad SMARTS) is 1. The van der Waals surface area contributed by atoms with E-state index in [0.29, 0.717) is 5.92 Å². The summed E-state index contributed by atoms with van der Waals surface area (Å²) in [6.45, 7) is 3.50. The first-order valence-corrected chi connectivity index (χ1v) is 6.67. The van der Waals surface area contributed by atoms with E-state index in [2.05, 4.69) is 11.9 Å². The van der Waals surface area contributed by atoms with E-state index in [1.54, 1.807) is 11.0 Å². The molecule has 1 aromatic heterocycles. The largest absolute Gasteiger partial charge is 0.481 e. The third-order valence-electron chi connectivity index (χ3n) is 3.46. The number of rotatable bonds is 4. The highest BCUT2D eigenvalue weighted by Crippen LogP contribution is 2.18. The van der Waals surface area contributed by atoms with E-state index in [9.17, 15) is 9.59 Å². The van der Waals surface area contributed by atoms with Crippen LogP contribution >= 0.6 is 0 Å². The Balaban J connectivity index is 1.92. The van der Waals surface area contributed by atoms with E-state index in [-0.39, 0.29) is 24.0 Å². The van der Waals surface area contributed by atoms with Crippen LogP contribution in [0.3, 0.4) is 0 Å². The molecule has 1 aromatic rings. The molecule has 2 rings (SSSR count). The number of hydrogen-bond donors (Lipinski definition) is 1. The van der Waals surface area contributed by atoms with E-state index < -0.39 is 5.97 Å². The Hall–Kier alpha value is -2.11. The van der Waals surface area contributed by atoms with Gasteiger partial charge in [0.25, 0.3) is 5.91 Å². The van der Waals surface area contributed by atoms with E-state index in [4.69, 9.17) is 9.84 Å². The lowest BCUT2D eigenvalue weighted by atomic mass is 9.99. The van der Waals surface area contributed by atoms with E-state index in [1.807, 2.05) is 0 Å². The molecule has 1 aliphatic rings. The number of carbonyl (C=O) groups is 2. The molecule has 1 amide bonds. The molecule has 1 N–H and O–H groups in total. The van der Waals surface area contributed by atoms with Crippen LogP contribution in [0.1, 0.15) is 30.3 Å². The van der Waals surface area contributed by atoms with Crippen molar-refractivity contribution in [2.75, 3.05) is 19.7 Å². The number of likely N-dealkylation sites (tertiary alicyclic amines) is 1. The molecule has 1 fully saturated rings. The lowest BCUT2D eigenvalue weighted by Gasteiger charge is -2.30. The highest BCUT2D eigenvalue weighted by molar-refractivity contribution is 5.88. The van der Waals surface area contributed by atoms with E-state index in [1.165, 1.54) is 12.3 Å². The van der Waals surface area contributed by atoms with Crippen molar-refractivity contribution in [1.29, 1.82) is 0 Å². The number of hydrogen-bond acceptors (Lipinski definition) is 4. The highest BCUT2D eigenvalue weighted by Gasteiger charge is 2.21. The fourth-order valence-electron chi connectivity index (χ4n) is 2.16. The van der Waals surface area contributed by atoms with Gasteiger partial charge in [0.05, 0.1) is 0 Å². The predicted octanol–water partition coefficient (Wildman–Crippen LogP) is 1.42. The summed E-state index contributed by atoms with van der Waals surface area (Å²) in [6.07, 6.45) is 3.38. The van der Waals surface area contributed by atoms with Gasteiger partial charge in [-0.1, -0.05) is 6.92 Å². The number of carbonyl (C=O) groups excluding carboxylic acids is 1. The summed E-state index contributed by atoms with van der Waals surface area (Å²) >= 11 is 0. The quantitative estimate of drug-likeness (QED) is 0.901. The number of amides is 1. The van der Waals surface area contributed by atoms with Crippen molar-refractivity contribution in [3.63, 3.8) is 0 Å². The number of aromatic nitrogens is 1. The number of nitrogens with zero attached hydrogens (tertiary/aromatic N) is 2. The first-order chi connectivity index (χ1) is 9.58. The zero-order valence-corrected chi connectivity index (χ0v) is 11.4. The first-order valence-electron chi connectivity index (χ1n) is 6.67. The van der Waals surface area contributed by atoms with E-state index in [0.717, 1.165) is 25.9 Å². The van der Waals surface area contributed by atoms with Crippen LogP contribution in [0.25, 0.3) is 0 Å². The molecule has 0 saturated carbocycles. The second-order valence-electron chi connectivity index (χ2n) is 5.01. The van der Waals surface area contributed by atoms with Gasteiger partial charge in [0, 0.05) is 19.3 Å². The third kappa shape index (κ3) is 3.46. The van der Waals surface area contributed by atoms with Crippen molar-refractivity contribution in [1.82, 2.24) is 9.88 Å². The summed E-state index contributed by atoms with van der Waals surface area (Å²) in [4.78, 5) is 28.4. The van der Waals surface area contributed by atoms with Gasteiger partial charge in [-0.05, 0) is 30.9 Å². The Morgan fingerprint density at radius 3 is 2.80 bits per heavy atom. The van der Waals surface area contributed by atoms with Crippen LogP contribution < -0.4 is 4.74 Å². The highest BCUT2D eigenvalue weighted by atomic mass is 16.5. The molecule has 0 atom stereocenters. The van der Waals surface area contributed by atoms with Gasteiger partial charge in [-0.3, -0.25) is 4.79 Å². The standard InChI is InChI=1S/C14H18N2O4/c1-10-4-7-16(8-5-10)12(17)9-20-11-3-2-6-15-13(11)14(18)19/h2-3,6,10H,4-5,7-9H2,1H3,(H,18,19). The van der Waals surface area contributed by atoms with Crippen LogP contribution in [0, 0.1) is 5.92 Å². The summed E-state index contributed by atoms with van der Waals surface area (Å²) in [5.74, 6) is -0.507. The summed E-state index contributed by atoms with van der Waals surface area (Å²) < 4.78 is 5.31. The minimum Gasteiger partial charge on any atom is -0.481 e. The molecular weight excluding hydrogens is 260 g/mol. The third-order valence-corrected chi connectivity index (χ3v) is 3.46. The average molecular weight is 278 g/mol. The average Bonchev–Trinajstić information content (AvgIpc) is 2.45. The molecule has 108 valence electrons. The zero-order chi connectivity index (χ0) is 14.5. The summed E-state index contributed by atoms with van der Waals surface area (Å²) in [5.41, 5.74) is -0.174. The van der Waals surface area contributed by atoms with Gasteiger partial charge in [0.15, 0.2) is 18.1 Å². The van der Waals surface area contributed by atoms with Crippen LogP contribution in [0.2, 0.25) is 0 Å². The number of aromatic carboxylic acids is 1. The molecule has 20 heavy (non-hydrogen) atoms. The number of piperidine rings is 1. The fraction of sp³-hybridized carbons (Fsp3) is 0.500. The van der Waals surface area contributed by atoms with E-state index >= 15 is 0 Å². The minimum atomic E-state index is -1.17. The van der Waals surface area contributed by atoms with Crippen molar-refractivity contribution in [3.05, 3.63) is 24.0 Å². The van der Waals surface area contributed by atoms with Crippen LogP contribution in [0.15, 0.2) is 18.3 Å². The first kappa shape index (κ1) is 14.3. The van der Waals surface area contributed by atoms with Crippen molar-refractivity contribution in [2.24, 2.45) is 5.92 Å². The van der Waals surface area contributed by atoms with Gasteiger partial charge in [-0.25, -0.2) is 9.78 Å². The topological polar surface area (TPSA) is 79.7 Å². The SMILES string of the molecule is CC1CCN(C(=O)COc2cccnc2C(=O)O)CC1. The molecule has 0 bridgehead atoms. The smallest absolute Gasteiger partial charge is 0.358 e. The van der Waals surface area contributed by atoms with Crippen molar-refractivity contribution in [2.45, 2.75) is 19.8 Å². The van der Waals surface area contributed by atoms with Gasteiger partial charge >= 0.3 is 5.97 Å². The molecule has 0 radical (unpaired) electrons.